The van der Waals surface area contributed by atoms with Crippen LogP contribution in [-0.2, 0) is 16.6 Å². The molecule has 1 amide bonds. The van der Waals surface area contributed by atoms with Gasteiger partial charge in [0.15, 0.2) is 5.69 Å². The van der Waals surface area contributed by atoms with Gasteiger partial charge < -0.3 is 15.0 Å². The number of H-pyrrole nitrogens is 1. The molecule has 0 aliphatic rings. The number of fused-ring (bicyclic) bond motifs is 2. The lowest BCUT2D eigenvalue weighted by molar-refractivity contribution is -0.142. The first-order valence-electron chi connectivity index (χ1n) is 9.86. The second kappa shape index (κ2) is 8.07. The number of hydrogen-bond acceptors (Lipinski definition) is 4. The maximum Gasteiger partial charge on any atom is 0.320 e. The average molecular weight is 439 g/mol. The van der Waals surface area contributed by atoms with Crippen molar-refractivity contribution in [3.8, 4) is 11.3 Å². The molecule has 8 heteroatoms. The summed E-state index contributed by atoms with van der Waals surface area (Å²) in [6, 6.07) is 16.1. The first-order valence-corrected chi connectivity index (χ1v) is 10.4. The molecule has 0 aliphatic carbocycles. The van der Waals surface area contributed by atoms with Crippen molar-refractivity contribution in [3.05, 3.63) is 54.2 Å². The minimum absolute atomic E-state index is 0.0135. The molecular weight excluding hydrogens is 416 g/mol. The van der Waals surface area contributed by atoms with Gasteiger partial charge in [-0.2, -0.15) is 5.10 Å². The van der Waals surface area contributed by atoms with Gasteiger partial charge in [0.05, 0.1) is 11.1 Å². The summed E-state index contributed by atoms with van der Waals surface area (Å²) < 4.78 is 6.75. The van der Waals surface area contributed by atoms with Crippen LogP contribution in [0.2, 0.25) is 0 Å². The van der Waals surface area contributed by atoms with Gasteiger partial charge in [-0.3, -0.25) is 14.3 Å². The van der Waals surface area contributed by atoms with Crippen molar-refractivity contribution in [2.24, 2.45) is 7.05 Å². The van der Waals surface area contributed by atoms with Gasteiger partial charge in [-0.25, -0.2) is 0 Å². The van der Waals surface area contributed by atoms with E-state index < -0.39 is 11.5 Å². The molecule has 2 aromatic heterocycles. The summed E-state index contributed by atoms with van der Waals surface area (Å²) in [5.41, 5.74) is 3.46. The normalized spacial score (nSPS) is 11.7. The summed E-state index contributed by atoms with van der Waals surface area (Å²) in [4.78, 5) is 27.7. The summed E-state index contributed by atoms with van der Waals surface area (Å²) in [7, 11) is 1.81. The minimum Gasteiger partial charge on any atom is -0.462 e. The van der Waals surface area contributed by atoms with E-state index in [-0.39, 0.29) is 18.4 Å². The van der Waals surface area contributed by atoms with Crippen LogP contribution in [0, 0.1) is 0 Å². The largest absolute Gasteiger partial charge is 0.462 e. The van der Waals surface area contributed by atoms with Crippen LogP contribution >= 0.6 is 11.6 Å². The smallest absolute Gasteiger partial charge is 0.320 e. The highest BCUT2D eigenvalue weighted by atomic mass is 35.5. The van der Waals surface area contributed by atoms with Gasteiger partial charge in [-0.1, -0.05) is 24.3 Å². The topological polar surface area (TPSA) is 89.0 Å². The zero-order valence-electron chi connectivity index (χ0n) is 17.5. The van der Waals surface area contributed by atoms with E-state index in [0.717, 1.165) is 33.1 Å². The number of amides is 1. The third-order valence-corrected chi connectivity index (χ3v) is 5.28. The molecule has 0 radical (unpaired) electrons. The number of aryl methyl sites for hydroxylation is 1. The quantitative estimate of drug-likeness (QED) is 0.351. The molecule has 2 heterocycles. The molecule has 4 aromatic rings. The van der Waals surface area contributed by atoms with Crippen molar-refractivity contribution in [1.82, 2.24) is 20.1 Å². The molecule has 0 fully saturated rings. The Morgan fingerprint density at radius 3 is 2.71 bits per heavy atom. The molecule has 160 valence electrons. The summed E-state index contributed by atoms with van der Waals surface area (Å²) in [6.45, 7) is 3.55. The Labute approximate surface area is 184 Å². The highest BCUT2D eigenvalue weighted by Crippen LogP contribution is 2.28. The number of nitrogens with one attached hydrogen (secondary N) is 2. The Kier molecular flexibility index (Phi) is 5.45. The number of aromatic amines is 1. The maximum absolute atomic E-state index is 12.9. The van der Waals surface area contributed by atoms with Gasteiger partial charge in [0.25, 0.3) is 5.91 Å². The van der Waals surface area contributed by atoms with Crippen molar-refractivity contribution in [1.29, 1.82) is 0 Å². The molecule has 0 unspecified atom stereocenters. The van der Waals surface area contributed by atoms with Crippen molar-refractivity contribution in [2.75, 3.05) is 12.5 Å². The summed E-state index contributed by atoms with van der Waals surface area (Å²) in [5.74, 6) is -1.10. The average Bonchev–Trinajstić information content (AvgIpc) is 3.33. The third kappa shape index (κ3) is 4.27. The minimum atomic E-state index is -0.771. The summed E-state index contributed by atoms with van der Waals surface area (Å²) in [6.07, 6.45) is 0. The van der Waals surface area contributed by atoms with Crippen molar-refractivity contribution < 1.29 is 14.3 Å². The standard InChI is InChI=1S/C23H23ClN4O3/c1-23(2,13-31-20(29)12-24)26-22(30)21-16-9-8-15(11-19(16)28(3)27-21)18-10-14-6-4-5-7-17(14)25-18/h4-11,25H,12-13H2,1-3H3,(H,26,30). The van der Waals surface area contributed by atoms with E-state index in [4.69, 9.17) is 16.3 Å². The number of halogens is 1. The van der Waals surface area contributed by atoms with Gasteiger partial charge >= 0.3 is 5.97 Å². The molecule has 2 aromatic carbocycles. The van der Waals surface area contributed by atoms with E-state index in [1.165, 1.54) is 0 Å². The molecule has 0 bridgehead atoms. The zero-order valence-corrected chi connectivity index (χ0v) is 18.3. The predicted molar refractivity (Wildman–Crippen MR) is 121 cm³/mol. The Balaban J connectivity index is 1.61. The Morgan fingerprint density at radius 1 is 1.19 bits per heavy atom. The van der Waals surface area contributed by atoms with Crippen LogP contribution in [-0.4, -0.2) is 44.7 Å². The van der Waals surface area contributed by atoms with E-state index in [0.29, 0.717) is 5.69 Å². The van der Waals surface area contributed by atoms with Gasteiger partial charge in [0, 0.05) is 34.6 Å². The van der Waals surface area contributed by atoms with Gasteiger partial charge in [0.2, 0.25) is 0 Å². The van der Waals surface area contributed by atoms with Crippen molar-refractivity contribution >= 4 is 45.3 Å². The molecule has 0 atom stereocenters. The Bertz CT molecular complexity index is 1260. The molecule has 2 N–H and O–H groups in total. The molecule has 0 aliphatic heterocycles. The van der Waals surface area contributed by atoms with Crippen LogP contribution in [0.1, 0.15) is 24.3 Å². The van der Waals surface area contributed by atoms with Crippen molar-refractivity contribution in [2.45, 2.75) is 19.4 Å². The molecule has 7 nitrogen and oxygen atoms in total. The third-order valence-electron chi connectivity index (χ3n) is 5.06. The molecule has 31 heavy (non-hydrogen) atoms. The second-order valence-electron chi connectivity index (χ2n) is 8.11. The maximum atomic E-state index is 12.9. The first kappa shape index (κ1) is 20.9. The van der Waals surface area contributed by atoms with Crippen LogP contribution in [0.4, 0.5) is 0 Å². The number of benzene rings is 2. The van der Waals surface area contributed by atoms with Crippen LogP contribution < -0.4 is 5.32 Å². The fourth-order valence-electron chi connectivity index (χ4n) is 3.52. The fourth-order valence-corrected chi connectivity index (χ4v) is 3.60. The zero-order chi connectivity index (χ0) is 22.2. The van der Waals surface area contributed by atoms with Crippen molar-refractivity contribution in [3.63, 3.8) is 0 Å². The number of nitrogens with zero attached hydrogens (tertiary/aromatic N) is 2. The number of hydrogen-bond donors (Lipinski definition) is 2. The van der Waals surface area contributed by atoms with E-state index in [9.17, 15) is 9.59 Å². The highest BCUT2D eigenvalue weighted by molar-refractivity contribution is 6.26. The summed E-state index contributed by atoms with van der Waals surface area (Å²) in [5, 5.41) is 9.19. The molecule has 4 rings (SSSR count). The van der Waals surface area contributed by atoms with Crippen LogP contribution in [0.25, 0.3) is 33.1 Å². The van der Waals surface area contributed by atoms with Crippen LogP contribution in [0.5, 0.6) is 0 Å². The van der Waals surface area contributed by atoms with E-state index >= 15 is 0 Å². The van der Waals surface area contributed by atoms with E-state index in [1.54, 1.807) is 18.5 Å². The first-order chi connectivity index (χ1) is 14.8. The lowest BCUT2D eigenvalue weighted by Gasteiger charge is -2.25. The van der Waals surface area contributed by atoms with E-state index in [1.807, 2.05) is 43.4 Å². The second-order valence-corrected chi connectivity index (χ2v) is 8.37. The monoisotopic (exact) mass is 438 g/mol. The Morgan fingerprint density at radius 2 is 1.97 bits per heavy atom. The lowest BCUT2D eigenvalue weighted by Crippen LogP contribution is -2.47. The SMILES string of the molecule is Cn1nc(C(=O)NC(C)(C)COC(=O)CCl)c2ccc(-c3cc4ccccc4[nH]3)cc21. The molecular formula is C23H23ClN4O3. The van der Waals surface area contributed by atoms with Gasteiger partial charge in [-0.15, -0.1) is 11.6 Å². The molecule has 0 spiro atoms. The van der Waals surface area contributed by atoms with Crippen LogP contribution in [0.15, 0.2) is 48.5 Å². The van der Waals surface area contributed by atoms with Gasteiger partial charge in [0.1, 0.15) is 12.5 Å². The number of rotatable bonds is 6. The number of carbonyl (C=O) groups is 2. The summed E-state index contributed by atoms with van der Waals surface area (Å²) >= 11 is 5.45. The molecule has 0 saturated heterocycles. The highest BCUT2D eigenvalue weighted by Gasteiger charge is 2.26. The Hall–Kier alpha value is -3.32. The fraction of sp³-hybridized carbons (Fsp3) is 0.261. The number of aromatic nitrogens is 3. The van der Waals surface area contributed by atoms with Gasteiger partial charge in [-0.05, 0) is 38.1 Å². The lowest BCUT2D eigenvalue weighted by atomic mass is 10.1. The number of carbonyl (C=O) groups excluding carboxylic acids is 2. The number of para-hydroxylation sites is 1. The number of esters is 1. The molecule has 0 saturated carbocycles. The van der Waals surface area contributed by atoms with E-state index in [2.05, 4.69) is 27.5 Å². The number of alkyl halides is 1. The predicted octanol–water partition coefficient (Wildman–Crippen LogP) is 4.01. The van der Waals surface area contributed by atoms with Crippen LogP contribution in [0.3, 0.4) is 0 Å². The number of ether oxygens (including phenoxy) is 1.